The molecule has 0 saturated heterocycles. The highest BCUT2D eigenvalue weighted by Crippen LogP contribution is 2.27. The van der Waals surface area contributed by atoms with E-state index >= 15 is 0 Å². The summed E-state index contributed by atoms with van der Waals surface area (Å²) in [4.78, 5) is 12.0. The maximum Gasteiger partial charge on any atom is 0.309 e. The monoisotopic (exact) mass is 285 g/mol. The third kappa shape index (κ3) is 6.23. The molecule has 0 amide bonds. The molecule has 1 aliphatic carbocycles. The Morgan fingerprint density at radius 1 is 1.25 bits per heavy atom. The van der Waals surface area contributed by atoms with Crippen molar-refractivity contribution in [1.82, 2.24) is 5.32 Å². The number of nitrogens with one attached hydrogen (secondary N) is 1. The molecule has 0 heterocycles. The van der Waals surface area contributed by atoms with Gasteiger partial charge in [0, 0.05) is 12.6 Å². The van der Waals surface area contributed by atoms with Gasteiger partial charge in [-0.05, 0) is 52.4 Å². The highest BCUT2D eigenvalue weighted by atomic mass is 16.6. The summed E-state index contributed by atoms with van der Waals surface area (Å²) in [5.74, 6) is 0.265. The SMILES string of the molecule is CC(C)C(O)CNC1CCC(C(=O)OC(C)(C)C)CC1. The highest BCUT2D eigenvalue weighted by Gasteiger charge is 2.29. The van der Waals surface area contributed by atoms with Crippen molar-refractivity contribution in [2.75, 3.05) is 6.54 Å². The summed E-state index contributed by atoms with van der Waals surface area (Å²) in [5, 5.41) is 13.2. The van der Waals surface area contributed by atoms with E-state index in [0.29, 0.717) is 12.6 Å². The van der Waals surface area contributed by atoms with Crippen LogP contribution in [-0.4, -0.2) is 35.4 Å². The van der Waals surface area contributed by atoms with E-state index in [9.17, 15) is 9.90 Å². The Morgan fingerprint density at radius 3 is 2.25 bits per heavy atom. The second kappa shape index (κ2) is 7.41. The van der Waals surface area contributed by atoms with Crippen LogP contribution in [0.3, 0.4) is 0 Å². The first-order chi connectivity index (χ1) is 9.19. The van der Waals surface area contributed by atoms with Crippen LogP contribution in [-0.2, 0) is 9.53 Å². The van der Waals surface area contributed by atoms with E-state index in [-0.39, 0.29) is 23.9 Å². The van der Waals surface area contributed by atoms with Crippen molar-refractivity contribution < 1.29 is 14.6 Å². The Morgan fingerprint density at radius 2 is 1.80 bits per heavy atom. The molecule has 1 aliphatic rings. The quantitative estimate of drug-likeness (QED) is 0.762. The molecule has 1 atom stereocenters. The lowest BCUT2D eigenvalue weighted by Crippen LogP contribution is -2.41. The van der Waals surface area contributed by atoms with E-state index in [0.717, 1.165) is 25.7 Å². The van der Waals surface area contributed by atoms with Gasteiger partial charge in [-0.15, -0.1) is 0 Å². The van der Waals surface area contributed by atoms with Crippen LogP contribution in [0.25, 0.3) is 0 Å². The second-order valence-electron chi connectivity index (χ2n) is 7.30. The van der Waals surface area contributed by atoms with Crippen molar-refractivity contribution in [2.45, 2.75) is 78.0 Å². The molecule has 0 aromatic carbocycles. The average molecular weight is 285 g/mol. The van der Waals surface area contributed by atoms with Gasteiger partial charge in [0.05, 0.1) is 12.0 Å². The minimum atomic E-state index is -0.395. The van der Waals surface area contributed by atoms with Crippen LogP contribution in [0, 0.1) is 11.8 Å². The fourth-order valence-electron chi connectivity index (χ4n) is 2.44. The van der Waals surface area contributed by atoms with Crippen LogP contribution >= 0.6 is 0 Å². The van der Waals surface area contributed by atoms with Gasteiger partial charge in [0.15, 0.2) is 0 Å². The van der Waals surface area contributed by atoms with Gasteiger partial charge in [-0.2, -0.15) is 0 Å². The van der Waals surface area contributed by atoms with E-state index in [1.807, 2.05) is 34.6 Å². The molecule has 4 heteroatoms. The summed E-state index contributed by atoms with van der Waals surface area (Å²) in [6.07, 6.45) is 3.43. The summed E-state index contributed by atoms with van der Waals surface area (Å²) in [7, 11) is 0. The van der Waals surface area contributed by atoms with Crippen LogP contribution in [0.2, 0.25) is 0 Å². The zero-order valence-corrected chi connectivity index (χ0v) is 13.6. The third-order valence-electron chi connectivity index (χ3n) is 3.85. The van der Waals surface area contributed by atoms with E-state index in [1.54, 1.807) is 0 Å². The zero-order valence-electron chi connectivity index (χ0n) is 13.6. The molecule has 0 aliphatic heterocycles. The number of aliphatic hydroxyl groups is 1. The van der Waals surface area contributed by atoms with Gasteiger partial charge in [-0.1, -0.05) is 13.8 Å². The lowest BCUT2D eigenvalue weighted by molar-refractivity contribution is -0.161. The van der Waals surface area contributed by atoms with Crippen LogP contribution in [0.1, 0.15) is 60.3 Å². The Hall–Kier alpha value is -0.610. The maximum atomic E-state index is 12.0. The van der Waals surface area contributed by atoms with Gasteiger partial charge >= 0.3 is 5.97 Å². The number of carbonyl (C=O) groups excluding carboxylic acids is 1. The first-order valence-electron chi connectivity index (χ1n) is 7.83. The molecule has 118 valence electrons. The standard InChI is InChI=1S/C16H31NO3/c1-11(2)14(18)10-17-13-8-6-12(7-9-13)15(19)20-16(3,4)5/h11-14,17-18H,6-10H2,1-5H3. The van der Waals surface area contributed by atoms with E-state index in [1.165, 1.54) is 0 Å². The molecule has 1 fully saturated rings. The van der Waals surface area contributed by atoms with Crippen molar-refractivity contribution in [3.8, 4) is 0 Å². The van der Waals surface area contributed by atoms with Crippen LogP contribution in [0.5, 0.6) is 0 Å². The molecular weight excluding hydrogens is 254 g/mol. The summed E-state index contributed by atoms with van der Waals surface area (Å²) < 4.78 is 5.44. The summed E-state index contributed by atoms with van der Waals surface area (Å²) in [6.45, 7) is 10.4. The smallest absolute Gasteiger partial charge is 0.309 e. The van der Waals surface area contributed by atoms with Crippen LogP contribution in [0.15, 0.2) is 0 Å². The molecule has 1 saturated carbocycles. The Kier molecular flexibility index (Phi) is 6.46. The molecule has 20 heavy (non-hydrogen) atoms. The van der Waals surface area contributed by atoms with E-state index in [4.69, 9.17) is 4.74 Å². The molecule has 1 rings (SSSR count). The number of rotatable bonds is 5. The minimum absolute atomic E-state index is 0.0438. The minimum Gasteiger partial charge on any atom is -0.460 e. The number of hydrogen-bond donors (Lipinski definition) is 2. The molecule has 1 unspecified atom stereocenters. The maximum absolute atomic E-state index is 12.0. The molecule has 2 N–H and O–H groups in total. The normalized spacial score (nSPS) is 25.6. The largest absolute Gasteiger partial charge is 0.460 e. The Bertz CT molecular complexity index is 301. The van der Waals surface area contributed by atoms with Gasteiger partial charge in [0.2, 0.25) is 0 Å². The van der Waals surface area contributed by atoms with Crippen molar-refractivity contribution in [3.05, 3.63) is 0 Å². The predicted octanol–water partition coefficient (Wildman–Crippen LogP) is 2.49. The number of carbonyl (C=O) groups is 1. The highest BCUT2D eigenvalue weighted by molar-refractivity contribution is 5.73. The van der Waals surface area contributed by atoms with Gasteiger partial charge in [0.1, 0.15) is 5.60 Å². The fraction of sp³-hybridized carbons (Fsp3) is 0.938. The van der Waals surface area contributed by atoms with Crippen molar-refractivity contribution in [3.63, 3.8) is 0 Å². The lowest BCUT2D eigenvalue weighted by atomic mass is 9.86. The number of ether oxygens (including phenoxy) is 1. The topological polar surface area (TPSA) is 58.6 Å². The summed E-state index contributed by atoms with van der Waals surface area (Å²) >= 11 is 0. The molecule has 0 aromatic rings. The predicted molar refractivity (Wildman–Crippen MR) is 80.4 cm³/mol. The van der Waals surface area contributed by atoms with Crippen molar-refractivity contribution >= 4 is 5.97 Å². The molecule has 0 aromatic heterocycles. The summed E-state index contributed by atoms with van der Waals surface area (Å²) in [5.41, 5.74) is -0.395. The van der Waals surface area contributed by atoms with Gasteiger partial charge in [-0.3, -0.25) is 4.79 Å². The number of aliphatic hydroxyl groups excluding tert-OH is 1. The number of esters is 1. The lowest BCUT2D eigenvalue weighted by Gasteiger charge is -2.31. The van der Waals surface area contributed by atoms with Crippen LogP contribution < -0.4 is 5.32 Å². The van der Waals surface area contributed by atoms with Crippen molar-refractivity contribution in [2.24, 2.45) is 11.8 Å². The summed E-state index contributed by atoms with van der Waals surface area (Å²) in [6, 6.07) is 0.419. The molecule has 0 bridgehead atoms. The zero-order chi connectivity index (χ0) is 15.3. The van der Waals surface area contributed by atoms with E-state index in [2.05, 4.69) is 5.32 Å². The average Bonchev–Trinajstić information content (AvgIpc) is 2.34. The van der Waals surface area contributed by atoms with Gasteiger partial charge < -0.3 is 15.2 Å². The first-order valence-corrected chi connectivity index (χ1v) is 7.83. The molecule has 0 spiro atoms. The van der Waals surface area contributed by atoms with Gasteiger partial charge in [0.25, 0.3) is 0 Å². The second-order valence-corrected chi connectivity index (χ2v) is 7.30. The Labute approximate surface area is 123 Å². The van der Waals surface area contributed by atoms with E-state index < -0.39 is 5.60 Å². The number of hydrogen-bond acceptors (Lipinski definition) is 4. The van der Waals surface area contributed by atoms with Crippen molar-refractivity contribution in [1.29, 1.82) is 0 Å². The fourth-order valence-corrected chi connectivity index (χ4v) is 2.44. The first kappa shape index (κ1) is 17.4. The van der Waals surface area contributed by atoms with Crippen LogP contribution in [0.4, 0.5) is 0 Å². The third-order valence-corrected chi connectivity index (χ3v) is 3.85. The molecule has 4 nitrogen and oxygen atoms in total. The molecule has 0 radical (unpaired) electrons. The Balaban J connectivity index is 2.28. The molecular formula is C16H31NO3. The van der Waals surface area contributed by atoms with Gasteiger partial charge in [-0.25, -0.2) is 0 Å².